The van der Waals surface area contributed by atoms with E-state index < -0.39 is 35.5 Å². The maximum Gasteiger partial charge on any atom is 0.307 e. The summed E-state index contributed by atoms with van der Waals surface area (Å²) in [6.45, 7) is 1.32. The highest BCUT2D eigenvalue weighted by Gasteiger charge is 2.48. The number of aromatic nitrogens is 1. The number of carboxylic acids is 1. The number of carboxylic acid groups (broad SMARTS) is 1. The van der Waals surface area contributed by atoms with Gasteiger partial charge in [0, 0.05) is 6.07 Å². The van der Waals surface area contributed by atoms with E-state index in [2.05, 4.69) is 4.98 Å². The summed E-state index contributed by atoms with van der Waals surface area (Å²) in [6, 6.07) is 7.94. The minimum Gasteiger partial charge on any atom is -0.481 e. The van der Waals surface area contributed by atoms with E-state index in [1.165, 1.54) is 25.1 Å². The van der Waals surface area contributed by atoms with Crippen molar-refractivity contribution in [2.45, 2.75) is 18.9 Å². The Morgan fingerprint density at radius 2 is 2.11 bits per heavy atom. The van der Waals surface area contributed by atoms with E-state index in [1.807, 2.05) is 0 Å². The number of fused-ring (bicyclic) bond motifs is 2. The van der Waals surface area contributed by atoms with E-state index in [0.29, 0.717) is 5.52 Å². The molecule has 1 aliphatic rings. The van der Waals surface area contributed by atoms with Crippen LogP contribution in [0.3, 0.4) is 0 Å². The molecule has 3 aromatic rings. The fourth-order valence-corrected chi connectivity index (χ4v) is 3.96. The maximum atomic E-state index is 14.1. The lowest BCUT2D eigenvalue weighted by Gasteiger charge is -2.38. The lowest BCUT2D eigenvalue weighted by atomic mass is 9.97. The van der Waals surface area contributed by atoms with E-state index >= 15 is 0 Å². The number of thiazole rings is 1. The standard InChI is InChI=1S/C18H12F2N2O4S/c1-18(8-14(23)24)16(25)22(12-6-5-9(19)7-13(12)26-18)17-21-11-4-2-3-10(20)15(11)27-17/h2-7H,8H2,1H3,(H,23,24). The zero-order valence-corrected chi connectivity index (χ0v) is 14.7. The quantitative estimate of drug-likeness (QED) is 0.735. The molecule has 1 amide bonds. The molecule has 27 heavy (non-hydrogen) atoms. The van der Waals surface area contributed by atoms with Crippen molar-refractivity contribution in [2.75, 3.05) is 4.90 Å². The summed E-state index contributed by atoms with van der Waals surface area (Å²) in [5.41, 5.74) is -1.19. The fraction of sp³-hybridized carbons (Fsp3) is 0.167. The van der Waals surface area contributed by atoms with Crippen LogP contribution in [0.1, 0.15) is 13.3 Å². The van der Waals surface area contributed by atoms with Gasteiger partial charge in [0.05, 0.1) is 22.3 Å². The Morgan fingerprint density at radius 1 is 1.33 bits per heavy atom. The Bertz CT molecular complexity index is 1100. The Kier molecular flexibility index (Phi) is 3.84. The smallest absolute Gasteiger partial charge is 0.307 e. The molecule has 0 radical (unpaired) electrons. The minimum absolute atomic E-state index is 0.0121. The van der Waals surface area contributed by atoms with E-state index in [4.69, 9.17) is 4.74 Å². The summed E-state index contributed by atoms with van der Waals surface area (Å²) in [4.78, 5) is 29.8. The van der Waals surface area contributed by atoms with Crippen LogP contribution in [-0.2, 0) is 9.59 Å². The number of ether oxygens (including phenoxy) is 1. The van der Waals surface area contributed by atoms with Gasteiger partial charge in [-0.05, 0) is 31.2 Å². The second-order valence-electron chi connectivity index (χ2n) is 6.24. The van der Waals surface area contributed by atoms with Crippen LogP contribution >= 0.6 is 11.3 Å². The number of hydrogen-bond acceptors (Lipinski definition) is 5. The van der Waals surface area contributed by atoms with Crippen LogP contribution in [0, 0.1) is 11.6 Å². The number of rotatable bonds is 3. The molecule has 0 aliphatic carbocycles. The topological polar surface area (TPSA) is 79.7 Å². The van der Waals surface area contributed by atoms with Crippen LogP contribution in [0.2, 0.25) is 0 Å². The number of carbonyl (C=O) groups excluding carboxylic acids is 1. The van der Waals surface area contributed by atoms with E-state index in [9.17, 15) is 23.5 Å². The third-order valence-electron chi connectivity index (χ3n) is 4.19. The van der Waals surface area contributed by atoms with Crippen LogP contribution in [-0.4, -0.2) is 27.6 Å². The highest BCUT2D eigenvalue weighted by Crippen LogP contribution is 2.45. The first-order valence-electron chi connectivity index (χ1n) is 7.88. The zero-order chi connectivity index (χ0) is 19.3. The van der Waals surface area contributed by atoms with Gasteiger partial charge in [0.1, 0.15) is 17.4 Å². The molecule has 0 saturated heterocycles. The summed E-state index contributed by atoms with van der Waals surface area (Å²) < 4.78 is 33.6. The molecule has 2 aromatic carbocycles. The zero-order valence-electron chi connectivity index (χ0n) is 13.9. The van der Waals surface area contributed by atoms with Crippen molar-refractivity contribution in [2.24, 2.45) is 0 Å². The number of carbonyl (C=O) groups is 2. The number of hydrogen-bond donors (Lipinski definition) is 1. The third-order valence-corrected chi connectivity index (χ3v) is 5.25. The van der Waals surface area contributed by atoms with Crippen LogP contribution in [0.5, 0.6) is 5.75 Å². The molecule has 1 N–H and O–H groups in total. The Hall–Kier alpha value is -3.07. The highest BCUT2D eigenvalue weighted by atomic mass is 32.1. The SMILES string of the molecule is CC1(CC(=O)O)Oc2cc(F)ccc2N(c2nc3cccc(F)c3s2)C1=O. The number of aliphatic carboxylic acids is 1. The summed E-state index contributed by atoms with van der Waals surface area (Å²) >= 11 is 0.944. The minimum atomic E-state index is -1.76. The van der Waals surface area contributed by atoms with Gasteiger partial charge < -0.3 is 9.84 Å². The van der Waals surface area contributed by atoms with Gasteiger partial charge in [0.25, 0.3) is 5.91 Å². The summed E-state index contributed by atoms with van der Waals surface area (Å²) in [5.74, 6) is -3.00. The van der Waals surface area contributed by atoms with Crippen LogP contribution < -0.4 is 9.64 Å². The van der Waals surface area contributed by atoms with Crippen molar-refractivity contribution >= 4 is 44.2 Å². The molecule has 6 nitrogen and oxygen atoms in total. The molecule has 138 valence electrons. The van der Waals surface area contributed by atoms with Crippen LogP contribution in [0.4, 0.5) is 19.6 Å². The average molecular weight is 390 g/mol. The predicted molar refractivity (Wildman–Crippen MR) is 94.4 cm³/mol. The predicted octanol–water partition coefficient (Wildman–Crippen LogP) is 3.87. The van der Waals surface area contributed by atoms with Crippen molar-refractivity contribution in [3.8, 4) is 5.75 Å². The third kappa shape index (κ3) is 2.80. The maximum absolute atomic E-state index is 14.1. The fourth-order valence-electron chi connectivity index (χ4n) is 2.98. The van der Waals surface area contributed by atoms with E-state index in [1.54, 1.807) is 6.07 Å². The van der Waals surface area contributed by atoms with Crippen molar-refractivity contribution in [3.63, 3.8) is 0 Å². The van der Waals surface area contributed by atoms with Crippen molar-refractivity contribution in [1.29, 1.82) is 0 Å². The van der Waals surface area contributed by atoms with E-state index in [0.717, 1.165) is 28.4 Å². The molecule has 1 aliphatic heterocycles. The largest absolute Gasteiger partial charge is 0.481 e. The summed E-state index contributed by atoms with van der Waals surface area (Å²) in [6.07, 6.45) is -0.627. The molecule has 0 spiro atoms. The van der Waals surface area contributed by atoms with Gasteiger partial charge in [-0.25, -0.2) is 18.7 Å². The first kappa shape index (κ1) is 17.3. The monoisotopic (exact) mass is 390 g/mol. The average Bonchev–Trinajstić information content (AvgIpc) is 3.00. The Labute approximate surface area is 155 Å². The molecule has 9 heteroatoms. The number of nitrogens with zero attached hydrogens (tertiary/aromatic N) is 2. The first-order valence-corrected chi connectivity index (χ1v) is 8.70. The molecule has 4 rings (SSSR count). The molecule has 2 heterocycles. The number of anilines is 2. The number of halogens is 2. The molecular formula is C18H12F2N2O4S. The summed E-state index contributed by atoms with van der Waals surface area (Å²) in [5, 5.41) is 9.32. The van der Waals surface area contributed by atoms with Crippen molar-refractivity contribution in [1.82, 2.24) is 4.98 Å². The second-order valence-corrected chi connectivity index (χ2v) is 7.22. The van der Waals surface area contributed by atoms with Gasteiger partial charge in [0.2, 0.25) is 0 Å². The molecule has 0 fully saturated rings. The molecule has 1 unspecified atom stereocenters. The lowest BCUT2D eigenvalue weighted by Crippen LogP contribution is -2.53. The van der Waals surface area contributed by atoms with Crippen LogP contribution in [0.15, 0.2) is 36.4 Å². The molecular weight excluding hydrogens is 378 g/mol. The molecule has 1 atom stereocenters. The second kappa shape index (κ2) is 5.98. The normalized spacial score (nSPS) is 19.1. The Morgan fingerprint density at radius 3 is 2.81 bits per heavy atom. The first-order chi connectivity index (χ1) is 12.8. The van der Waals surface area contributed by atoms with Crippen LogP contribution in [0.25, 0.3) is 10.2 Å². The van der Waals surface area contributed by atoms with Gasteiger partial charge in [-0.3, -0.25) is 9.59 Å². The summed E-state index contributed by atoms with van der Waals surface area (Å²) in [7, 11) is 0. The van der Waals surface area contributed by atoms with Gasteiger partial charge >= 0.3 is 5.97 Å². The Balaban J connectivity index is 1.92. The van der Waals surface area contributed by atoms with Gasteiger partial charge in [-0.2, -0.15) is 0 Å². The number of benzene rings is 2. The van der Waals surface area contributed by atoms with E-state index in [-0.39, 0.29) is 21.3 Å². The molecule has 0 bridgehead atoms. The molecule has 0 saturated carbocycles. The highest BCUT2D eigenvalue weighted by molar-refractivity contribution is 7.22. The van der Waals surface area contributed by atoms with Crippen molar-refractivity contribution in [3.05, 3.63) is 48.0 Å². The van der Waals surface area contributed by atoms with Gasteiger partial charge in [0.15, 0.2) is 10.7 Å². The molecule has 1 aromatic heterocycles. The number of amides is 1. The van der Waals surface area contributed by atoms with Gasteiger partial charge in [-0.1, -0.05) is 17.4 Å². The lowest BCUT2D eigenvalue weighted by molar-refractivity contribution is -0.148. The van der Waals surface area contributed by atoms with Crippen molar-refractivity contribution < 1.29 is 28.2 Å². The van der Waals surface area contributed by atoms with Gasteiger partial charge in [-0.15, -0.1) is 0 Å².